The first kappa shape index (κ1) is 12.0. The van der Waals surface area contributed by atoms with Crippen molar-refractivity contribution in [2.75, 3.05) is 29.5 Å². The summed E-state index contributed by atoms with van der Waals surface area (Å²) in [5.74, 6) is 0.932. The van der Waals surface area contributed by atoms with E-state index in [0.29, 0.717) is 18.7 Å². The molecule has 0 aliphatic carbocycles. The highest BCUT2D eigenvalue weighted by molar-refractivity contribution is 7.99. The third kappa shape index (κ3) is 2.43. The van der Waals surface area contributed by atoms with Crippen LogP contribution in [0.4, 0.5) is 14.5 Å². The average molecular weight is 264 g/mol. The van der Waals surface area contributed by atoms with E-state index in [4.69, 9.17) is 11.6 Å². The van der Waals surface area contributed by atoms with E-state index in [1.807, 2.05) is 0 Å². The molecule has 0 bridgehead atoms. The Kier molecular flexibility index (Phi) is 3.92. The van der Waals surface area contributed by atoms with Gasteiger partial charge in [0.05, 0.1) is 0 Å². The van der Waals surface area contributed by atoms with Crippen LogP contribution < -0.4 is 4.90 Å². The van der Waals surface area contributed by atoms with Gasteiger partial charge in [0.1, 0.15) is 17.3 Å². The van der Waals surface area contributed by atoms with E-state index in [2.05, 4.69) is 0 Å². The summed E-state index contributed by atoms with van der Waals surface area (Å²) in [5.41, 5.74) is 0.570. The summed E-state index contributed by atoms with van der Waals surface area (Å²) < 4.78 is 27.5. The number of rotatable bonds is 2. The summed E-state index contributed by atoms with van der Waals surface area (Å²) >= 11 is 7.36. The van der Waals surface area contributed by atoms with Gasteiger partial charge >= 0.3 is 0 Å². The SMILES string of the molecule is Fc1cc(CCl)cc(F)c1N1CCSCC1. The quantitative estimate of drug-likeness (QED) is 0.754. The number of halogens is 3. The van der Waals surface area contributed by atoms with Crippen molar-refractivity contribution in [2.24, 2.45) is 0 Å². The predicted molar refractivity (Wildman–Crippen MR) is 65.5 cm³/mol. The number of nitrogens with zero attached hydrogens (tertiary/aromatic N) is 1. The van der Waals surface area contributed by atoms with Gasteiger partial charge in [0.15, 0.2) is 0 Å². The van der Waals surface area contributed by atoms with E-state index in [1.165, 1.54) is 12.1 Å². The fraction of sp³-hybridized carbons (Fsp3) is 0.455. The highest BCUT2D eigenvalue weighted by atomic mass is 35.5. The van der Waals surface area contributed by atoms with Crippen LogP contribution in [-0.2, 0) is 5.88 Å². The van der Waals surface area contributed by atoms with Crippen LogP contribution in [0.3, 0.4) is 0 Å². The fourth-order valence-corrected chi connectivity index (χ4v) is 2.84. The molecule has 1 aromatic rings. The van der Waals surface area contributed by atoms with Crippen LogP contribution >= 0.6 is 23.4 Å². The van der Waals surface area contributed by atoms with Gasteiger partial charge in [-0.05, 0) is 17.7 Å². The van der Waals surface area contributed by atoms with Crippen LogP contribution in [0.15, 0.2) is 12.1 Å². The maximum atomic E-state index is 13.7. The molecule has 0 radical (unpaired) electrons. The first-order valence-electron chi connectivity index (χ1n) is 5.09. The summed E-state index contributed by atoms with van der Waals surface area (Å²) in [7, 11) is 0. The minimum absolute atomic E-state index is 0.0918. The largest absolute Gasteiger partial charge is 0.365 e. The summed E-state index contributed by atoms with van der Waals surface area (Å²) in [6.45, 7) is 1.39. The molecule has 0 amide bonds. The van der Waals surface area contributed by atoms with Gasteiger partial charge in [-0.15, -0.1) is 11.6 Å². The Balaban J connectivity index is 2.32. The molecule has 1 fully saturated rings. The first-order valence-corrected chi connectivity index (χ1v) is 6.78. The lowest BCUT2D eigenvalue weighted by atomic mass is 10.2. The Bertz CT molecular complexity index is 357. The van der Waals surface area contributed by atoms with Crippen molar-refractivity contribution in [3.05, 3.63) is 29.3 Å². The van der Waals surface area contributed by atoms with Gasteiger partial charge in [-0.25, -0.2) is 8.78 Å². The van der Waals surface area contributed by atoms with E-state index in [-0.39, 0.29) is 11.6 Å². The highest BCUT2D eigenvalue weighted by Crippen LogP contribution is 2.27. The molecule has 0 unspecified atom stereocenters. The number of benzene rings is 1. The van der Waals surface area contributed by atoms with Gasteiger partial charge < -0.3 is 4.90 Å². The van der Waals surface area contributed by atoms with Crippen molar-refractivity contribution in [3.8, 4) is 0 Å². The van der Waals surface area contributed by atoms with Gasteiger partial charge in [0, 0.05) is 30.5 Å². The number of alkyl halides is 1. The molecule has 0 atom stereocenters. The third-order valence-electron chi connectivity index (χ3n) is 2.56. The fourth-order valence-electron chi connectivity index (χ4n) is 1.78. The van der Waals surface area contributed by atoms with E-state index in [1.54, 1.807) is 16.7 Å². The summed E-state index contributed by atoms with van der Waals surface area (Å²) in [6.07, 6.45) is 0. The van der Waals surface area contributed by atoms with Crippen molar-refractivity contribution in [1.29, 1.82) is 0 Å². The van der Waals surface area contributed by atoms with Gasteiger partial charge in [0.2, 0.25) is 0 Å². The molecule has 1 nitrogen and oxygen atoms in total. The molecule has 1 saturated heterocycles. The number of anilines is 1. The Morgan fingerprint density at radius 1 is 1.19 bits per heavy atom. The molecule has 5 heteroatoms. The second kappa shape index (κ2) is 5.23. The Hall–Kier alpha value is -0.480. The van der Waals surface area contributed by atoms with Gasteiger partial charge in [0.25, 0.3) is 0 Å². The average Bonchev–Trinajstić information content (AvgIpc) is 2.29. The van der Waals surface area contributed by atoms with Crippen molar-refractivity contribution < 1.29 is 8.78 Å². The lowest BCUT2D eigenvalue weighted by Crippen LogP contribution is -2.33. The minimum Gasteiger partial charge on any atom is -0.365 e. The standard InChI is InChI=1S/C11H12ClF2NS/c12-7-8-5-9(13)11(10(14)6-8)15-1-3-16-4-2-15/h5-6H,1-4,7H2. The minimum atomic E-state index is -0.512. The van der Waals surface area contributed by atoms with Crippen molar-refractivity contribution >= 4 is 29.1 Å². The molecule has 0 spiro atoms. The summed E-state index contributed by atoms with van der Waals surface area (Å²) in [5, 5.41) is 0. The topological polar surface area (TPSA) is 3.24 Å². The van der Waals surface area contributed by atoms with E-state index in [9.17, 15) is 8.78 Å². The molecule has 0 saturated carbocycles. The zero-order valence-corrected chi connectivity index (χ0v) is 10.3. The second-order valence-corrected chi connectivity index (χ2v) is 5.13. The van der Waals surface area contributed by atoms with Crippen LogP contribution in [0.1, 0.15) is 5.56 Å². The predicted octanol–water partition coefficient (Wildman–Crippen LogP) is 3.26. The summed E-state index contributed by atoms with van der Waals surface area (Å²) in [4.78, 5) is 1.76. The number of hydrogen-bond donors (Lipinski definition) is 0. The van der Waals surface area contributed by atoms with Crippen molar-refractivity contribution in [1.82, 2.24) is 0 Å². The van der Waals surface area contributed by atoms with E-state index >= 15 is 0 Å². The zero-order chi connectivity index (χ0) is 11.5. The normalized spacial score (nSPS) is 16.6. The van der Waals surface area contributed by atoms with Gasteiger partial charge in [-0.3, -0.25) is 0 Å². The number of thioether (sulfide) groups is 1. The van der Waals surface area contributed by atoms with Gasteiger partial charge in [-0.2, -0.15) is 11.8 Å². The van der Waals surface area contributed by atoms with Crippen LogP contribution in [-0.4, -0.2) is 24.6 Å². The monoisotopic (exact) mass is 263 g/mol. The first-order chi connectivity index (χ1) is 7.72. The Morgan fingerprint density at radius 3 is 2.25 bits per heavy atom. The molecule has 16 heavy (non-hydrogen) atoms. The molecule has 2 rings (SSSR count). The van der Waals surface area contributed by atoms with E-state index < -0.39 is 11.6 Å². The molecular formula is C11H12ClF2NS. The zero-order valence-electron chi connectivity index (χ0n) is 8.68. The highest BCUT2D eigenvalue weighted by Gasteiger charge is 2.19. The molecule has 1 aliphatic heterocycles. The second-order valence-electron chi connectivity index (χ2n) is 3.64. The molecule has 0 aromatic heterocycles. The maximum absolute atomic E-state index is 13.7. The molecule has 1 heterocycles. The third-order valence-corrected chi connectivity index (χ3v) is 3.81. The van der Waals surface area contributed by atoms with Crippen LogP contribution in [0, 0.1) is 11.6 Å². The van der Waals surface area contributed by atoms with Crippen LogP contribution in [0.5, 0.6) is 0 Å². The molecular weight excluding hydrogens is 252 g/mol. The lowest BCUT2D eigenvalue weighted by molar-refractivity contribution is 0.571. The van der Waals surface area contributed by atoms with Gasteiger partial charge in [-0.1, -0.05) is 0 Å². The molecule has 0 N–H and O–H groups in total. The lowest BCUT2D eigenvalue weighted by Gasteiger charge is -2.29. The summed E-state index contributed by atoms with van der Waals surface area (Å²) in [6, 6.07) is 2.63. The molecule has 1 aliphatic rings. The maximum Gasteiger partial charge on any atom is 0.149 e. The molecule has 88 valence electrons. The smallest absolute Gasteiger partial charge is 0.149 e. The Morgan fingerprint density at radius 2 is 1.75 bits per heavy atom. The Labute approximate surface area is 103 Å². The van der Waals surface area contributed by atoms with Crippen molar-refractivity contribution in [3.63, 3.8) is 0 Å². The van der Waals surface area contributed by atoms with E-state index in [0.717, 1.165) is 11.5 Å². The van der Waals surface area contributed by atoms with Crippen LogP contribution in [0.2, 0.25) is 0 Å². The van der Waals surface area contributed by atoms with Crippen molar-refractivity contribution in [2.45, 2.75) is 5.88 Å². The number of hydrogen-bond acceptors (Lipinski definition) is 2. The van der Waals surface area contributed by atoms with Crippen LogP contribution in [0.25, 0.3) is 0 Å². The molecule has 1 aromatic carbocycles.